The quantitative estimate of drug-likeness (QED) is 0.797. The molecule has 0 aliphatic heterocycles. The van der Waals surface area contributed by atoms with Crippen LogP contribution in [0.15, 0.2) is 18.2 Å². The molecule has 0 aromatic heterocycles. The zero-order valence-electron chi connectivity index (χ0n) is 8.81. The zero-order chi connectivity index (χ0) is 12.3. The van der Waals surface area contributed by atoms with Gasteiger partial charge in [-0.15, -0.1) is 0 Å². The van der Waals surface area contributed by atoms with E-state index in [1.54, 1.807) is 13.0 Å². The van der Waals surface area contributed by atoms with Crippen LogP contribution in [0.2, 0.25) is 0 Å². The van der Waals surface area contributed by atoms with Crippen LogP contribution in [0.25, 0.3) is 0 Å². The fourth-order valence-electron chi connectivity index (χ4n) is 1.41. The Morgan fingerprint density at radius 1 is 1.31 bits per heavy atom. The second-order valence-corrected chi connectivity index (χ2v) is 3.79. The minimum absolute atomic E-state index is 0.134. The van der Waals surface area contributed by atoms with E-state index in [-0.39, 0.29) is 12.0 Å². The molecule has 1 aromatic carbocycles. The first-order chi connectivity index (χ1) is 7.29. The molecule has 0 aliphatic rings. The van der Waals surface area contributed by atoms with Gasteiger partial charge in [0.15, 0.2) is 0 Å². The molecular formula is C11H13F4N. The number of rotatable bonds is 3. The fourth-order valence-corrected chi connectivity index (χ4v) is 1.41. The Bertz CT molecular complexity index is 359. The summed E-state index contributed by atoms with van der Waals surface area (Å²) in [5, 5.41) is 0. The third-order valence-corrected chi connectivity index (χ3v) is 2.29. The molecule has 0 radical (unpaired) electrons. The lowest BCUT2D eigenvalue weighted by Gasteiger charge is -2.14. The first-order valence-electron chi connectivity index (χ1n) is 4.88. The van der Waals surface area contributed by atoms with Crippen molar-refractivity contribution in [2.45, 2.75) is 32.0 Å². The molecule has 0 spiro atoms. The Kier molecular flexibility index (Phi) is 3.91. The molecule has 1 atom stereocenters. The van der Waals surface area contributed by atoms with Crippen LogP contribution in [-0.4, -0.2) is 6.18 Å². The van der Waals surface area contributed by atoms with E-state index in [1.807, 2.05) is 0 Å². The molecule has 1 rings (SSSR count). The maximum Gasteiger partial charge on any atom is 0.389 e. The molecule has 0 saturated carbocycles. The van der Waals surface area contributed by atoms with Gasteiger partial charge in [-0.1, -0.05) is 12.1 Å². The van der Waals surface area contributed by atoms with E-state index in [0.717, 1.165) is 0 Å². The monoisotopic (exact) mass is 235 g/mol. The lowest BCUT2D eigenvalue weighted by Crippen LogP contribution is -2.16. The number of hydrogen-bond donors (Lipinski definition) is 1. The first-order valence-corrected chi connectivity index (χ1v) is 4.88. The van der Waals surface area contributed by atoms with E-state index in [1.165, 1.54) is 12.1 Å². The smallest absolute Gasteiger partial charge is 0.324 e. The van der Waals surface area contributed by atoms with Crippen molar-refractivity contribution in [3.05, 3.63) is 35.1 Å². The van der Waals surface area contributed by atoms with Crippen molar-refractivity contribution in [2.24, 2.45) is 5.73 Å². The highest BCUT2D eigenvalue weighted by molar-refractivity contribution is 5.25. The summed E-state index contributed by atoms with van der Waals surface area (Å²) in [7, 11) is 0. The number of hydrogen-bond acceptors (Lipinski definition) is 1. The van der Waals surface area contributed by atoms with E-state index in [9.17, 15) is 17.6 Å². The Morgan fingerprint density at radius 2 is 1.94 bits per heavy atom. The van der Waals surface area contributed by atoms with Crippen LogP contribution in [0.1, 0.15) is 30.0 Å². The average molecular weight is 235 g/mol. The van der Waals surface area contributed by atoms with Crippen molar-refractivity contribution < 1.29 is 17.6 Å². The van der Waals surface area contributed by atoms with Crippen molar-refractivity contribution in [3.63, 3.8) is 0 Å². The van der Waals surface area contributed by atoms with Crippen LogP contribution in [0, 0.1) is 12.7 Å². The molecule has 1 nitrogen and oxygen atoms in total. The van der Waals surface area contributed by atoms with Crippen molar-refractivity contribution >= 4 is 0 Å². The van der Waals surface area contributed by atoms with Gasteiger partial charge in [0.25, 0.3) is 0 Å². The summed E-state index contributed by atoms with van der Waals surface area (Å²) in [4.78, 5) is 0. The first kappa shape index (κ1) is 13.0. The molecule has 0 saturated heterocycles. The maximum absolute atomic E-state index is 13.4. The number of alkyl halides is 3. The molecule has 0 unspecified atom stereocenters. The lowest BCUT2D eigenvalue weighted by atomic mass is 10.0. The van der Waals surface area contributed by atoms with Gasteiger partial charge in [-0.05, 0) is 25.0 Å². The third kappa shape index (κ3) is 3.81. The Labute approximate surface area is 91.3 Å². The van der Waals surface area contributed by atoms with Crippen molar-refractivity contribution in [1.29, 1.82) is 0 Å². The molecular weight excluding hydrogens is 222 g/mol. The van der Waals surface area contributed by atoms with Crippen LogP contribution in [-0.2, 0) is 0 Å². The summed E-state index contributed by atoms with van der Waals surface area (Å²) in [5.41, 5.74) is 6.36. The largest absolute Gasteiger partial charge is 0.389 e. The highest BCUT2D eigenvalue weighted by atomic mass is 19.4. The molecule has 0 aliphatic carbocycles. The maximum atomic E-state index is 13.4. The van der Waals surface area contributed by atoms with Gasteiger partial charge in [0.2, 0.25) is 0 Å². The summed E-state index contributed by atoms with van der Waals surface area (Å²) in [6, 6.07) is 3.42. The minimum atomic E-state index is -4.25. The molecule has 16 heavy (non-hydrogen) atoms. The van der Waals surface area contributed by atoms with Crippen molar-refractivity contribution in [2.75, 3.05) is 0 Å². The van der Waals surface area contributed by atoms with Gasteiger partial charge in [-0.25, -0.2) is 4.39 Å². The molecule has 1 aromatic rings. The van der Waals surface area contributed by atoms with Gasteiger partial charge in [-0.3, -0.25) is 0 Å². The molecule has 0 heterocycles. The van der Waals surface area contributed by atoms with Crippen LogP contribution >= 0.6 is 0 Å². The summed E-state index contributed by atoms with van der Waals surface area (Å²) < 4.78 is 49.2. The molecule has 0 fully saturated rings. The van der Waals surface area contributed by atoms with Crippen LogP contribution in [0.5, 0.6) is 0 Å². The Balaban J connectivity index is 2.70. The van der Waals surface area contributed by atoms with Crippen LogP contribution in [0.3, 0.4) is 0 Å². The van der Waals surface area contributed by atoms with Crippen LogP contribution in [0.4, 0.5) is 17.6 Å². The average Bonchev–Trinajstić information content (AvgIpc) is 2.13. The second-order valence-electron chi connectivity index (χ2n) is 3.79. The van der Waals surface area contributed by atoms with E-state index in [2.05, 4.69) is 0 Å². The van der Waals surface area contributed by atoms with Gasteiger partial charge >= 0.3 is 6.18 Å². The number of halogens is 4. The lowest BCUT2D eigenvalue weighted by molar-refractivity contribution is -0.136. The van der Waals surface area contributed by atoms with Gasteiger partial charge < -0.3 is 5.73 Å². The molecule has 5 heteroatoms. The second kappa shape index (κ2) is 4.82. The Morgan fingerprint density at radius 3 is 2.44 bits per heavy atom. The highest BCUT2D eigenvalue weighted by Gasteiger charge is 2.28. The molecule has 0 bridgehead atoms. The summed E-state index contributed by atoms with van der Waals surface area (Å²) in [6.45, 7) is 1.70. The van der Waals surface area contributed by atoms with Crippen molar-refractivity contribution in [1.82, 2.24) is 0 Å². The predicted molar refractivity (Wildman–Crippen MR) is 53.4 cm³/mol. The number of nitrogens with two attached hydrogens (primary N) is 1. The van der Waals surface area contributed by atoms with Gasteiger partial charge in [-0.2, -0.15) is 13.2 Å². The zero-order valence-corrected chi connectivity index (χ0v) is 8.81. The van der Waals surface area contributed by atoms with Gasteiger partial charge in [0.05, 0.1) is 0 Å². The van der Waals surface area contributed by atoms with E-state index in [0.29, 0.717) is 5.56 Å². The van der Waals surface area contributed by atoms with E-state index >= 15 is 0 Å². The number of aryl methyl sites for hydroxylation is 1. The number of benzene rings is 1. The van der Waals surface area contributed by atoms with Gasteiger partial charge in [0, 0.05) is 18.0 Å². The molecule has 90 valence electrons. The molecule has 2 N–H and O–H groups in total. The summed E-state index contributed by atoms with van der Waals surface area (Å²) >= 11 is 0. The fraction of sp³-hybridized carbons (Fsp3) is 0.455. The van der Waals surface area contributed by atoms with Crippen molar-refractivity contribution in [3.8, 4) is 0 Å². The molecule has 0 amide bonds. The topological polar surface area (TPSA) is 26.0 Å². The SMILES string of the molecule is Cc1ccc([C@@H](N)CCC(F)(F)F)c(F)c1. The summed E-state index contributed by atoms with van der Waals surface area (Å²) in [5.74, 6) is -0.547. The van der Waals surface area contributed by atoms with Gasteiger partial charge in [0.1, 0.15) is 5.82 Å². The Hall–Kier alpha value is -1.10. The highest BCUT2D eigenvalue weighted by Crippen LogP contribution is 2.27. The minimum Gasteiger partial charge on any atom is -0.324 e. The standard InChI is InChI=1S/C11H13F4N/c1-7-2-3-8(9(12)6-7)10(16)4-5-11(13,14)15/h2-3,6,10H,4-5,16H2,1H3/t10-/m0/s1. The van der Waals surface area contributed by atoms with E-state index in [4.69, 9.17) is 5.73 Å². The third-order valence-electron chi connectivity index (χ3n) is 2.29. The van der Waals surface area contributed by atoms with E-state index < -0.39 is 24.5 Å². The normalized spacial score (nSPS) is 13.9. The predicted octanol–water partition coefficient (Wildman–Crippen LogP) is 3.48. The van der Waals surface area contributed by atoms with Crippen LogP contribution < -0.4 is 5.73 Å². The summed E-state index contributed by atoms with van der Waals surface area (Å²) in [6.07, 6.45) is -5.55.